The summed E-state index contributed by atoms with van der Waals surface area (Å²) in [7, 11) is 3.17. The molecule has 6 nitrogen and oxygen atoms in total. The van der Waals surface area contributed by atoms with Crippen LogP contribution in [0.5, 0.6) is 11.5 Å². The van der Waals surface area contributed by atoms with Gasteiger partial charge in [0.25, 0.3) is 0 Å². The lowest BCUT2D eigenvalue weighted by Gasteiger charge is -2.13. The van der Waals surface area contributed by atoms with Crippen LogP contribution < -0.4 is 20.1 Å². The van der Waals surface area contributed by atoms with E-state index in [0.717, 1.165) is 5.56 Å². The van der Waals surface area contributed by atoms with Gasteiger partial charge in [0.05, 0.1) is 14.2 Å². The van der Waals surface area contributed by atoms with E-state index >= 15 is 0 Å². The first kappa shape index (κ1) is 16.8. The highest BCUT2D eigenvalue weighted by Gasteiger charge is 2.12. The summed E-state index contributed by atoms with van der Waals surface area (Å²) in [6.07, 6.45) is 0.666. The number of ether oxygens (including phenoxy) is 2. The van der Waals surface area contributed by atoms with Crippen molar-refractivity contribution in [2.45, 2.75) is 26.3 Å². The molecule has 1 unspecified atom stereocenters. The highest BCUT2D eigenvalue weighted by atomic mass is 16.5. The van der Waals surface area contributed by atoms with Crippen LogP contribution in [0.3, 0.4) is 0 Å². The van der Waals surface area contributed by atoms with Gasteiger partial charge < -0.3 is 20.1 Å². The van der Waals surface area contributed by atoms with Gasteiger partial charge in [-0.05, 0) is 31.0 Å². The number of rotatable bonds is 7. The molecule has 0 fully saturated rings. The van der Waals surface area contributed by atoms with E-state index in [2.05, 4.69) is 10.6 Å². The largest absolute Gasteiger partial charge is 0.493 e. The predicted molar refractivity (Wildman–Crippen MR) is 79.5 cm³/mol. The van der Waals surface area contributed by atoms with Crippen molar-refractivity contribution in [1.29, 1.82) is 0 Å². The molecule has 0 saturated heterocycles. The minimum absolute atomic E-state index is 0.203. The van der Waals surface area contributed by atoms with Crippen LogP contribution in [-0.4, -0.2) is 38.6 Å². The SMILES string of the molecule is COc1ccc(CCNC(=O)C(C)NC(C)=O)cc1OC. The van der Waals surface area contributed by atoms with E-state index in [1.807, 2.05) is 18.2 Å². The molecule has 0 aliphatic rings. The standard InChI is InChI=1S/C15H22N2O4/c1-10(17-11(2)18)15(19)16-8-7-12-5-6-13(20-3)14(9-12)21-4/h5-6,9-10H,7-8H2,1-4H3,(H,16,19)(H,17,18). The highest BCUT2D eigenvalue weighted by Crippen LogP contribution is 2.27. The molecule has 0 saturated carbocycles. The van der Waals surface area contributed by atoms with E-state index in [9.17, 15) is 9.59 Å². The number of methoxy groups -OCH3 is 2. The number of carbonyl (C=O) groups is 2. The van der Waals surface area contributed by atoms with E-state index in [1.54, 1.807) is 21.1 Å². The molecular formula is C15H22N2O4. The Hall–Kier alpha value is -2.24. The van der Waals surface area contributed by atoms with Gasteiger partial charge in [0.1, 0.15) is 6.04 Å². The molecule has 1 rings (SSSR count). The Balaban J connectivity index is 2.49. The molecule has 0 aliphatic carbocycles. The minimum atomic E-state index is -0.534. The smallest absolute Gasteiger partial charge is 0.242 e. The van der Waals surface area contributed by atoms with Crippen molar-refractivity contribution < 1.29 is 19.1 Å². The van der Waals surface area contributed by atoms with Crippen molar-refractivity contribution in [3.63, 3.8) is 0 Å². The Morgan fingerprint density at radius 3 is 2.43 bits per heavy atom. The monoisotopic (exact) mass is 294 g/mol. The van der Waals surface area contributed by atoms with Gasteiger partial charge in [-0.3, -0.25) is 9.59 Å². The number of amides is 2. The van der Waals surface area contributed by atoms with Crippen molar-refractivity contribution in [2.24, 2.45) is 0 Å². The highest BCUT2D eigenvalue weighted by molar-refractivity contribution is 5.86. The number of hydrogen-bond acceptors (Lipinski definition) is 4. The number of hydrogen-bond donors (Lipinski definition) is 2. The lowest BCUT2D eigenvalue weighted by atomic mass is 10.1. The zero-order valence-electron chi connectivity index (χ0n) is 12.9. The fourth-order valence-electron chi connectivity index (χ4n) is 1.89. The average Bonchev–Trinajstić information content (AvgIpc) is 2.46. The van der Waals surface area contributed by atoms with Gasteiger partial charge in [0.2, 0.25) is 11.8 Å². The molecule has 2 N–H and O–H groups in total. The average molecular weight is 294 g/mol. The van der Waals surface area contributed by atoms with Gasteiger partial charge >= 0.3 is 0 Å². The molecule has 1 atom stereocenters. The maximum Gasteiger partial charge on any atom is 0.242 e. The summed E-state index contributed by atoms with van der Waals surface area (Å²) in [5.74, 6) is 0.903. The molecule has 6 heteroatoms. The van der Waals surface area contributed by atoms with Crippen molar-refractivity contribution in [2.75, 3.05) is 20.8 Å². The topological polar surface area (TPSA) is 76.7 Å². The Labute approximate surface area is 124 Å². The summed E-state index contributed by atoms with van der Waals surface area (Å²) in [5.41, 5.74) is 1.03. The fourth-order valence-corrected chi connectivity index (χ4v) is 1.89. The minimum Gasteiger partial charge on any atom is -0.493 e. The van der Waals surface area contributed by atoms with E-state index < -0.39 is 6.04 Å². The van der Waals surface area contributed by atoms with Gasteiger partial charge in [-0.1, -0.05) is 6.07 Å². The Bertz CT molecular complexity index is 502. The summed E-state index contributed by atoms with van der Waals surface area (Å²) in [4.78, 5) is 22.6. The van der Waals surface area contributed by atoms with Crippen LogP contribution in [0.2, 0.25) is 0 Å². The lowest BCUT2D eigenvalue weighted by Crippen LogP contribution is -2.44. The molecule has 0 radical (unpaired) electrons. The molecule has 0 bridgehead atoms. The molecular weight excluding hydrogens is 272 g/mol. The Morgan fingerprint density at radius 2 is 1.86 bits per heavy atom. The third kappa shape index (κ3) is 5.33. The van der Waals surface area contributed by atoms with E-state index in [-0.39, 0.29) is 11.8 Å². The summed E-state index contributed by atoms with van der Waals surface area (Å²) >= 11 is 0. The normalized spacial score (nSPS) is 11.4. The summed E-state index contributed by atoms with van der Waals surface area (Å²) < 4.78 is 10.4. The second-order valence-electron chi connectivity index (χ2n) is 4.65. The molecule has 1 aromatic rings. The second-order valence-corrected chi connectivity index (χ2v) is 4.65. The first-order valence-corrected chi connectivity index (χ1v) is 6.73. The molecule has 0 heterocycles. The lowest BCUT2D eigenvalue weighted by molar-refractivity contribution is -0.127. The van der Waals surface area contributed by atoms with E-state index in [0.29, 0.717) is 24.5 Å². The zero-order chi connectivity index (χ0) is 15.8. The quantitative estimate of drug-likeness (QED) is 0.783. The molecule has 0 spiro atoms. The number of carbonyl (C=O) groups excluding carboxylic acids is 2. The Kier molecular flexibility index (Phi) is 6.52. The second kappa shape index (κ2) is 8.14. The third-order valence-corrected chi connectivity index (χ3v) is 2.97. The van der Waals surface area contributed by atoms with Gasteiger partial charge in [0.15, 0.2) is 11.5 Å². The summed E-state index contributed by atoms with van der Waals surface area (Å²) in [5, 5.41) is 5.31. The number of benzene rings is 1. The molecule has 2 amide bonds. The van der Waals surface area contributed by atoms with Gasteiger partial charge in [0, 0.05) is 13.5 Å². The summed E-state index contributed by atoms with van der Waals surface area (Å²) in [6, 6.07) is 5.09. The molecule has 0 aliphatic heterocycles. The number of nitrogens with one attached hydrogen (secondary N) is 2. The van der Waals surface area contributed by atoms with Crippen LogP contribution in [0.15, 0.2) is 18.2 Å². The molecule has 0 aromatic heterocycles. The first-order valence-electron chi connectivity index (χ1n) is 6.73. The summed E-state index contributed by atoms with van der Waals surface area (Å²) in [6.45, 7) is 3.51. The van der Waals surface area contributed by atoms with Crippen molar-refractivity contribution >= 4 is 11.8 Å². The van der Waals surface area contributed by atoms with Gasteiger partial charge in [-0.15, -0.1) is 0 Å². The van der Waals surface area contributed by atoms with Crippen LogP contribution in [0.25, 0.3) is 0 Å². The van der Waals surface area contributed by atoms with E-state index in [4.69, 9.17) is 9.47 Å². The van der Waals surface area contributed by atoms with E-state index in [1.165, 1.54) is 6.92 Å². The molecule has 21 heavy (non-hydrogen) atoms. The Morgan fingerprint density at radius 1 is 1.19 bits per heavy atom. The fraction of sp³-hybridized carbons (Fsp3) is 0.467. The molecule has 1 aromatic carbocycles. The zero-order valence-corrected chi connectivity index (χ0v) is 12.9. The third-order valence-electron chi connectivity index (χ3n) is 2.97. The first-order chi connectivity index (χ1) is 9.97. The maximum absolute atomic E-state index is 11.7. The predicted octanol–water partition coefficient (Wildman–Crippen LogP) is 0.887. The van der Waals surface area contributed by atoms with Gasteiger partial charge in [-0.2, -0.15) is 0 Å². The molecule has 116 valence electrons. The van der Waals surface area contributed by atoms with Crippen LogP contribution in [0.1, 0.15) is 19.4 Å². The van der Waals surface area contributed by atoms with Gasteiger partial charge in [-0.25, -0.2) is 0 Å². The maximum atomic E-state index is 11.7. The van der Waals surface area contributed by atoms with Crippen LogP contribution >= 0.6 is 0 Å². The van der Waals surface area contributed by atoms with Crippen molar-refractivity contribution in [1.82, 2.24) is 10.6 Å². The van der Waals surface area contributed by atoms with Crippen molar-refractivity contribution in [3.8, 4) is 11.5 Å². The van der Waals surface area contributed by atoms with Crippen LogP contribution in [0.4, 0.5) is 0 Å². The van der Waals surface area contributed by atoms with Crippen molar-refractivity contribution in [3.05, 3.63) is 23.8 Å². The van der Waals surface area contributed by atoms with Crippen LogP contribution in [-0.2, 0) is 16.0 Å². The van der Waals surface area contributed by atoms with Crippen LogP contribution in [0, 0.1) is 0 Å².